The van der Waals surface area contributed by atoms with Crippen molar-refractivity contribution in [2.45, 2.75) is 36.3 Å². The fourth-order valence-corrected chi connectivity index (χ4v) is 5.09. The monoisotopic (exact) mass is 316 g/mol. The van der Waals surface area contributed by atoms with Gasteiger partial charge in [-0.2, -0.15) is 4.31 Å². The van der Waals surface area contributed by atoms with Gasteiger partial charge in [-0.25, -0.2) is 8.42 Å². The molecule has 2 N–H and O–H groups in total. The average molecular weight is 317 g/mol. The summed E-state index contributed by atoms with van der Waals surface area (Å²) in [6.45, 7) is 0.802. The molecule has 1 aliphatic carbocycles. The minimum atomic E-state index is -3.63. The maximum Gasteiger partial charge on any atom is 0.245 e. The third kappa shape index (κ3) is 2.30. The van der Waals surface area contributed by atoms with Gasteiger partial charge in [0.05, 0.1) is 24.4 Å². The molecule has 1 saturated heterocycles. The van der Waals surface area contributed by atoms with E-state index in [1.165, 1.54) is 16.4 Å². The third-order valence-corrected chi connectivity index (χ3v) is 6.21. The van der Waals surface area contributed by atoms with Crippen molar-refractivity contribution in [3.05, 3.63) is 23.2 Å². The number of rotatable bonds is 2. The maximum atomic E-state index is 12.8. The molecule has 1 saturated carbocycles. The molecule has 0 aromatic heterocycles. The lowest BCUT2D eigenvalue weighted by molar-refractivity contribution is -0.0241. The SMILES string of the molecule is Nc1ccc(Cl)cc1S(=O)(=O)N1CCOC2CCCC21. The quantitative estimate of drug-likeness (QED) is 0.845. The van der Waals surface area contributed by atoms with E-state index < -0.39 is 10.0 Å². The van der Waals surface area contributed by atoms with E-state index in [9.17, 15) is 8.42 Å². The van der Waals surface area contributed by atoms with E-state index in [4.69, 9.17) is 22.1 Å². The predicted octanol–water partition coefficient (Wildman–Crippen LogP) is 1.86. The van der Waals surface area contributed by atoms with Crippen LogP contribution in [-0.2, 0) is 14.8 Å². The Labute approximate surface area is 123 Å². The van der Waals surface area contributed by atoms with Gasteiger partial charge in [-0.05, 0) is 37.5 Å². The van der Waals surface area contributed by atoms with Crippen LogP contribution in [0.25, 0.3) is 0 Å². The molecule has 1 aromatic rings. The van der Waals surface area contributed by atoms with Crippen molar-refractivity contribution in [1.82, 2.24) is 4.31 Å². The van der Waals surface area contributed by atoms with E-state index in [0.29, 0.717) is 18.2 Å². The van der Waals surface area contributed by atoms with Gasteiger partial charge in [-0.3, -0.25) is 0 Å². The first-order valence-electron chi connectivity index (χ1n) is 6.68. The topological polar surface area (TPSA) is 72.6 Å². The van der Waals surface area contributed by atoms with Crippen molar-refractivity contribution in [3.63, 3.8) is 0 Å². The summed E-state index contributed by atoms with van der Waals surface area (Å²) in [6, 6.07) is 4.47. The molecule has 0 spiro atoms. The highest BCUT2D eigenvalue weighted by Gasteiger charge is 2.42. The zero-order valence-corrected chi connectivity index (χ0v) is 12.5. The Hall–Kier alpha value is -0.820. The van der Waals surface area contributed by atoms with Crippen LogP contribution in [0.3, 0.4) is 0 Å². The minimum Gasteiger partial charge on any atom is -0.398 e. The molecular weight excluding hydrogens is 300 g/mol. The summed E-state index contributed by atoms with van der Waals surface area (Å²) < 4.78 is 32.9. The van der Waals surface area contributed by atoms with Crippen LogP contribution in [0.15, 0.2) is 23.1 Å². The standard InChI is InChI=1S/C13H17ClN2O3S/c14-9-4-5-10(15)13(8-9)20(17,18)16-6-7-19-12-3-1-2-11(12)16/h4-5,8,11-12H,1-3,6-7,15H2. The zero-order chi connectivity index (χ0) is 14.3. The van der Waals surface area contributed by atoms with Gasteiger partial charge >= 0.3 is 0 Å². The summed E-state index contributed by atoms with van der Waals surface area (Å²) in [4.78, 5) is 0.0950. The van der Waals surface area contributed by atoms with Crippen molar-refractivity contribution < 1.29 is 13.2 Å². The molecule has 1 heterocycles. The number of benzene rings is 1. The number of nitrogen functional groups attached to an aromatic ring is 1. The van der Waals surface area contributed by atoms with Crippen LogP contribution in [-0.4, -0.2) is 38.0 Å². The van der Waals surface area contributed by atoms with Crippen molar-refractivity contribution in [3.8, 4) is 0 Å². The number of ether oxygens (including phenoxy) is 1. The number of anilines is 1. The van der Waals surface area contributed by atoms with Crippen molar-refractivity contribution in [2.75, 3.05) is 18.9 Å². The van der Waals surface area contributed by atoms with E-state index in [2.05, 4.69) is 0 Å². The van der Waals surface area contributed by atoms with E-state index >= 15 is 0 Å². The van der Waals surface area contributed by atoms with Gasteiger partial charge < -0.3 is 10.5 Å². The molecule has 0 amide bonds. The molecule has 1 aromatic carbocycles. The van der Waals surface area contributed by atoms with Gasteiger partial charge in [0.2, 0.25) is 10.0 Å². The largest absolute Gasteiger partial charge is 0.398 e. The number of morpholine rings is 1. The number of hydrogen-bond acceptors (Lipinski definition) is 4. The van der Waals surface area contributed by atoms with E-state index in [-0.39, 0.29) is 22.7 Å². The summed E-state index contributed by atoms with van der Waals surface area (Å²) in [5.74, 6) is 0. The first-order chi connectivity index (χ1) is 9.50. The molecule has 2 atom stereocenters. The predicted molar refractivity (Wildman–Crippen MR) is 77.1 cm³/mol. The minimum absolute atomic E-state index is 0.0129. The Morgan fingerprint density at radius 2 is 2.15 bits per heavy atom. The first-order valence-corrected chi connectivity index (χ1v) is 8.50. The lowest BCUT2D eigenvalue weighted by atomic mass is 10.2. The fraction of sp³-hybridized carbons (Fsp3) is 0.538. The Balaban J connectivity index is 2.00. The van der Waals surface area contributed by atoms with Gasteiger partial charge in [-0.15, -0.1) is 0 Å². The molecule has 2 unspecified atom stereocenters. The molecule has 3 rings (SSSR count). The van der Waals surface area contributed by atoms with E-state index in [1.54, 1.807) is 6.07 Å². The highest BCUT2D eigenvalue weighted by Crippen LogP contribution is 2.35. The molecule has 20 heavy (non-hydrogen) atoms. The lowest BCUT2D eigenvalue weighted by Gasteiger charge is -2.36. The summed E-state index contributed by atoms with van der Waals surface area (Å²) in [5.41, 5.74) is 6.06. The third-order valence-electron chi connectivity index (χ3n) is 3.99. The van der Waals surface area contributed by atoms with Crippen molar-refractivity contribution in [1.29, 1.82) is 0 Å². The molecular formula is C13H17ClN2O3S. The van der Waals surface area contributed by atoms with Gasteiger partial charge in [0.1, 0.15) is 4.90 Å². The zero-order valence-electron chi connectivity index (χ0n) is 11.0. The molecule has 110 valence electrons. The Kier molecular flexibility index (Phi) is 3.66. The highest BCUT2D eigenvalue weighted by atomic mass is 35.5. The van der Waals surface area contributed by atoms with Crippen molar-refractivity contribution >= 4 is 27.3 Å². The van der Waals surface area contributed by atoms with Crippen LogP contribution >= 0.6 is 11.6 Å². The summed E-state index contributed by atoms with van der Waals surface area (Å²) in [7, 11) is -3.63. The van der Waals surface area contributed by atoms with Crippen LogP contribution in [0.5, 0.6) is 0 Å². The van der Waals surface area contributed by atoms with Crippen LogP contribution in [0.2, 0.25) is 5.02 Å². The average Bonchev–Trinajstić information content (AvgIpc) is 2.89. The van der Waals surface area contributed by atoms with E-state index in [1.807, 2.05) is 0 Å². The number of fused-ring (bicyclic) bond motifs is 1. The Bertz CT molecular complexity index is 620. The molecule has 0 bridgehead atoms. The second kappa shape index (κ2) is 5.18. The molecule has 2 aliphatic rings. The number of sulfonamides is 1. The second-order valence-corrected chi connectivity index (χ2v) is 7.50. The van der Waals surface area contributed by atoms with Crippen LogP contribution in [0.4, 0.5) is 5.69 Å². The molecule has 7 heteroatoms. The Morgan fingerprint density at radius 3 is 2.95 bits per heavy atom. The second-order valence-electron chi connectivity index (χ2n) is 5.21. The summed E-state index contributed by atoms with van der Waals surface area (Å²) >= 11 is 5.91. The van der Waals surface area contributed by atoms with E-state index in [0.717, 1.165) is 19.3 Å². The van der Waals surface area contributed by atoms with Crippen molar-refractivity contribution in [2.24, 2.45) is 0 Å². The van der Waals surface area contributed by atoms with Gasteiger partial charge in [0.15, 0.2) is 0 Å². The van der Waals surface area contributed by atoms with Gasteiger partial charge in [0, 0.05) is 11.6 Å². The smallest absolute Gasteiger partial charge is 0.245 e. The summed E-state index contributed by atoms with van der Waals surface area (Å²) in [5, 5.41) is 0.369. The number of nitrogens with zero attached hydrogens (tertiary/aromatic N) is 1. The van der Waals surface area contributed by atoms with Gasteiger partial charge in [-0.1, -0.05) is 11.6 Å². The normalized spacial score (nSPS) is 27.4. The lowest BCUT2D eigenvalue weighted by Crippen LogP contribution is -2.51. The molecule has 5 nitrogen and oxygen atoms in total. The Morgan fingerprint density at radius 1 is 1.35 bits per heavy atom. The maximum absolute atomic E-state index is 12.8. The molecule has 0 radical (unpaired) electrons. The fourth-order valence-electron chi connectivity index (χ4n) is 3.05. The van der Waals surface area contributed by atoms with Gasteiger partial charge in [0.25, 0.3) is 0 Å². The van der Waals surface area contributed by atoms with Crippen LogP contribution in [0.1, 0.15) is 19.3 Å². The number of halogens is 1. The van der Waals surface area contributed by atoms with Crippen LogP contribution < -0.4 is 5.73 Å². The molecule has 1 aliphatic heterocycles. The summed E-state index contributed by atoms with van der Waals surface area (Å²) in [6.07, 6.45) is 2.76. The number of nitrogens with two attached hydrogens (primary N) is 1. The van der Waals surface area contributed by atoms with Crippen LogP contribution in [0, 0.1) is 0 Å². The first kappa shape index (κ1) is 14.1. The molecule has 2 fully saturated rings. The highest BCUT2D eigenvalue weighted by molar-refractivity contribution is 7.89. The number of hydrogen-bond donors (Lipinski definition) is 1.